The zero-order chi connectivity index (χ0) is 31.7. The van der Waals surface area contributed by atoms with Gasteiger partial charge in [0.1, 0.15) is 0 Å². The number of hydrogen-bond donors (Lipinski definition) is 0. The largest absolute Gasteiger partial charge is 0.268 e. The van der Waals surface area contributed by atoms with Crippen LogP contribution in [0, 0.1) is 34.0 Å². The Morgan fingerprint density at radius 2 is 0.511 bits per heavy atom. The molecule has 0 atom stereocenters. The topological polar surface area (TPSA) is 189 Å². The molecule has 0 amide bonds. The molecular formula is C33H12N6O6. The summed E-state index contributed by atoms with van der Waals surface area (Å²) in [6, 6.07) is 22.1. The van der Waals surface area contributed by atoms with E-state index in [0.717, 1.165) is 13.7 Å². The Balaban J connectivity index is 1.73. The number of nitriles is 3. The maximum Gasteiger partial charge on any atom is 0.267 e. The van der Waals surface area contributed by atoms with Crippen molar-refractivity contribution < 1.29 is 0 Å². The molecule has 0 aliphatic carbocycles. The van der Waals surface area contributed by atoms with Crippen molar-refractivity contribution in [3.63, 3.8) is 0 Å². The van der Waals surface area contributed by atoms with Gasteiger partial charge in [-0.25, -0.2) is 13.7 Å². The fraction of sp³-hybridized carbons (Fsp3) is 0. The summed E-state index contributed by atoms with van der Waals surface area (Å²) < 4.78 is 2.16. The summed E-state index contributed by atoms with van der Waals surface area (Å²) in [7, 11) is 0. The zero-order valence-corrected chi connectivity index (χ0v) is 22.6. The van der Waals surface area contributed by atoms with E-state index in [1.807, 2.05) is 18.2 Å². The molecule has 3 heterocycles. The molecule has 4 aromatic carbocycles. The highest BCUT2D eigenvalue weighted by molar-refractivity contribution is 6.25. The Hall–Kier alpha value is -7.23. The van der Waals surface area contributed by atoms with E-state index in [2.05, 4.69) is 0 Å². The standard InChI is InChI=1S/C33H12N6O6/c34-13-16-1-7-19(8-2-16)37-28(40)22-23(29(37)41)25-27(33(45)39(31(25)43)21-11-5-18(15-36)6-12-21)26-24(22)30(42)38(32(26)44)20-9-3-17(14-35)4-10-20/h1-12H. The third kappa shape index (κ3) is 3.50. The molecule has 3 aromatic heterocycles. The lowest BCUT2D eigenvalue weighted by Gasteiger charge is -1.99. The first-order chi connectivity index (χ1) is 21.7. The van der Waals surface area contributed by atoms with E-state index >= 15 is 0 Å². The van der Waals surface area contributed by atoms with Gasteiger partial charge in [0.2, 0.25) is 0 Å². The van der Waals surface area contributed by atoms with Crippen molar-refractivity contribution in [3.8, 4) is 35.3 Å². The molecule has 12 heteroatoms. The van der Waals surface area contributed by atoms with E-state index in [4.69, 9.17) is 0 Å². The third-order valence-electron chi connectivity index (χ3n) is 7.77. The van der Waals surface area contributed by atoms with Crippen molar-refractivity contribution in [1.82, 2.24) is 13.7 Å². The number of nitrogens with zero attached hydrogens (tertiary/aromatic N) is 6. The van der Waals surface area contributed by atoms with Crippen LogP contribution in [-0.2, 0) is 0 Å². The first-order valence-electron chi connectivity index (χ1n) is 13.1. The lowest BCUT2D eigenvalue weighted by Crippen LogP contribution is -2.24. The van der Waals surface area contributed by atoms with Crippen LogP contribution in [0.1, 0.15) is 16.7 Å². The lowest BCUT2D eigenvalue weighted by molar-refractivity contribution is 0.987. The minimum absolute atomic E-state index is 0.0316. The molecular weight excluding hydrogens is 576 g/mol. The van der Waals surface area contributed by atoms with E-state index in [1.165, 1.54) is 72.8 Å². The minimum atomic E-state index is -1.00. The van der Waals surface area contributed by atoms with Gasteiger partial charge in [0.05, 0.1) is 84.3 Å². The smallest absolute Gasteiger partial charge is 0.267 e. The molecule has 0 unspecified atom stereocenters. The zero-order valence-electron chi connectivity index (χ0n) is 22.6. The number of aromatic nitrogens is 3. The van der Waals surface area contributed by atoms with Gasteiger partial charge in [-0.05, 0) is 72.8 Å². The second-order valence-electron chi connectivity index (χ2n) is 10.1. The molecule has 0 bridgehead atoms. The Kier molecular flexibility index (Phi) is 5.56. The predicted octanol–water partition coefficient (Wildman–Crippen LogP) is 1.61. The van der Waals surface area contributed by atoms with Crippen LogP contribution in [0.4, 0.5) is 0 Å². The second kappa shape index (κ2) is 9.39. The van der Waals surface area contributed by atoms with Crippen LogP contribution in [0.25, 0.3) is 49.4 Å². The van der Waals surface area contributed by atoms with Crippen LogP contribution >= 0.6 is 0 Å². The lowest BCUT2D eigenvalue weighted by atomic mass is 10.0. The monoisotopic (exact) mass is 588 g/mol. The van der Waals surface area contributed by atoms with Gasteiger partial charge in [0.15, 0.2) is 0 Å². The van der Waals surface area contributed by atoms with Gasteiger partial charge in [-0.1, -0.05) is 0 Å². The molecule has 0 saturated heterocycles. The van der Waals surface area contributed by atoms with Gasteiger partial charge in [0, 0.05) is 0 Å². The molecule has 210 valence electrons. The summed E-state index contributed by atoms with van der Waals surface area (Å²) in [6.07, 6.45) is 0. The quantitative estimate of drug-likeness (QED) is 0.295. The van der Waals surface area contributed by atoms with Crippen LogP contribution in [-0.4, -0.2) is 13.7 Å². The summed E-state index contributed by atoms with van der Waals surface area (Å²) in [5.74, 6) is 0. The third-order valence-corrected chi connectivity index (χ3v) is 7.77. The Bertz CT molecular complexity index is 2430. The van der Waals surface area contributed by atoms with Gasteiger partial charge in [-0.15, -0.1) is 0 Å². The average Bonchev–Trinajstić information content (AvgIpc) is 3.59. The normalized spacial score (nSPS) is 11.1. The van der Waals surface area contributed by atoms with Crippen molar-refractivity contribution >= 4 is 32.3 Å². The molecule has 45 heavy (non-hydrogen) atoms. The van der Waals surface area contributed by atoms with Crippen LogP contribution in [0.5, 0.6) is 0 Å². The average molecular weight is 588 g/mol. The first kappa shape index (κ1) is 26.7. The summed E-state index contributed by atoms with van der Waals surface area (Å²) in [6.45, 7) is 0. The van der Waals surface area contributed by atoms with Crippen molar-refractivity contribution in [1.29, 1.82) is 15.8 Å². The highest BCUT2D eigenvalue weighted by atomic mass is 16.2. The minimum Gasteiger partial charge on any atom is -0.268 e. The van der Waals surface area contributed by atoms with Crippen molar-refractivity contribution in [2.24, 2.45) is 0 Å². The first-order valence-corrected chi connectivity index (χ1v) is 13.1. The number of hydrogen-bond acceptors (Lipinski definition) is 9. The van der Waals surface area contributed by atoms with Gasteiger partial charge in [-0.2, -0.15) is 15.8 Å². The van der Waals surface area contributed by atoms with Crippen LogP contribution in [0.15, 0.2) is 102 Å². The van der Waals surface area contributed by atoms with Gasteiger partial charge >= 0.3 is 0 Å². The fourth-order valence-electron chi connectivity index (χ4n) is 5.74. The van der Waals surface area contributed by atoms with Gasteiger partial charge in [-0.3, -0.25) is 28.8 Å². The van der Waals surface area contributed by atoms with Crippen LogP contribution < -0.4 is 33.4 Å². The molecule has 0 saturated carbocycles. The number of benzene rings is 4. The van der Waals surface area contributed by atoms with Crippen molar-refractivity contribution in [3.05, 3.63) is 152 Å². The van der Waals surface area contributed by atoms with E-state index in [9.17, 15) is 44.6 Å². The summed E-state index contributed by atoms with van der Waals surface area (Å²) >= 11 is 0. The molecule has 12 nitrogen and oxygen atoms in total. The summed E-state index contributed by atoms with van der Waals surface area (Å²) in [5, 5.41) is 24.5. The molecule has 0 N–H and O–H groups in total. The molecule has 0 radical (unpaired) electrons. The molecule has 0 fully saturated rings. The van der Waals surface area contributed by atoms with E-state index < -0.39 is 65.7 Å². The van der Waals surface area contributed by atoms with Crippen molar-refractivity contribution in [2.75, 3.05) is 0 Å². The Labute approximate surface area is 248 Å². The highest BCUT2D eigenvalue weighted by Crippen LogP contribution is 2.27. The number of fused-ring (bicyclic) bond motifs is 6. The highest BCUT2D eigenvalue weighted by Gasteiger charge is 2.31. The predicted molar refractivity (Wildman–Crippen MR) is 162 cm³/mol. The maximum atomic E-state index is 14.0. The maximum absolute atomic E-state index is 14.0. The summed E-state index contributed by atoms with van der Waals surface area (Å²) in [5.41, 5.74) is -5.18. The summed E-state index contributed by atoms with van der Waals surface area (Å²) in [4.78, 5) is 84.0. The van der Waals surface area contributed by atoms with E-state index in [1.54, 1.807) is 0 Å². The van der Waals surface area contributed by atoms with Gasteiger partial charge in [0.25, 0.3) is 33.4 Å². The van der Waals surface area contributed by atoms with E-state index in [0.29, 0.717) is 0 Å². The molecule has 0 spiro atoms. The fourth-order valence-corrected chi connectivity index (χ4v) is 5.74. The van der Waals surface area contributed by atoms with Gasteiger partial charge < -0.3 is 0 Å². The van der Waals surface area contributed by atoms with Crippen molar-refractivity contribution in [2.45, 2.75) is 0 Å². The van der Waals surface area contributed by atoms with E-state index in [-0.39, 0.29) is 33.8 Å². The van der Waals surface area contributed by atoms with Crippen LogP contribution in [0.2, 0.25) is 0 Å². The molecule has 7 rings (SSSR count). The van der Waals surface area contributed by atoms with Crippen LogP contribution in [0.3, 0.4) is 0 Å². The number of rotatable bonds is 3. The molecule has 0 aliphatic rings. The second-order valence-corrected chi connectivity index (χ2v) is 10.1. The molecule has 7 aromatic rings. The Morgan fingerprint density at radius 3 is 0.667 bits per heavy atom. The Morgan fingerprint density at radius 1 is 0.333 bits per heavy atom. The molecule has 0 aliphatic heterocycles. The SMILES string of the molecule is N#Cc1ccc(-n2c(=O)c3c4c(=O)n(-c5ccc(C#N)cc5)c(=O)c4c4c(=O)n(-c5ccc(C#N)cc5)c(=O)c4c3c2=O)cc1.